The number of amides is 2. The van der Waals surface area contributed by atoms with Crippen LogP contribution in [0.25, 0.3) is 0 Å². The largest absolute Gasteiger partial charge is 0.483 e. The predicted octanol–water partition coefficient (Wildman–Crippen LogP) is 2.30. The quantitative estimate of drug-likeness (QED) is 0.803. The Balaban J connectivity index is 2.20. The van der Waals surface area contributed by atoms with Crippen molar-refractivity contribution in [2.45, 2.75) is 33.2 Å². The van der Waals surface area contributed by atoms with Crippen LogP contribution in [0.2, 0.25) is 0 Å². The zero-order valence-corrected chi connectivity index (χ0v) is 14.9. The van der Waals surface area contributed by atoms with Gasteiger partial charge in [0.05, 0.1) is 11.7 Å². The normalized spacial score (nSPS) is 11.7. The van der Waals surface area contributed by atoms with Gasteiger partial charge in [-0.15, -0.1) is 0 Å². The molecule has 1 aromatic heterocycles. The molecule has 0 saturated carbocycles. The zero-order valence-electron chi connectivity index (χ0n) is 14.9. The number of nitrogens with one attached hydrogen (secondary N) is 2. The van der Waals surface area contributed by atoms with Crippen molar-refractivity contribution in [2.75, 3.05) is 13.7 Å². The molecule has 0 unspecified atom stereocenters. The summed E-state index contributed by atoms with van der Waals surface area (Å²) in [7, 11) is 1.55. The number of nitrogens with zero attached hydrogens (tertiary/aromatic N) is 1. The van der Waals surface area contributed by atoms with E-state index in [2.05, 4.69) is 15.8 Å². The number of hydrogen-bond acceptors (Lipinski definition) is 5. The highest BCUT2D eigenvalue weighted by Crippen LogP contribution is 2.28. The molecule has 2 rings (SSSR count). The molecular weight excluding hydrogens is 322 g/mol. The molecule has 0 aliphatic rings. The Morgan fingerprint density at radius 3 is 2.60 bits per heavy atom. The lowest BCUT2D eigenvalue weighted by atomic mass is 10.0. The predicted molar refractivity (Wildman–Crippen MR) is 92.5 cm³/mol. The minimum atomic E-state index is -0.262. The molecule has 0 spiro atoms. The topological polar surface area (TPSA) is 93.5 Å². The van der Waals surface area contributed by atoms with Gasteiger partial charge in [0.2, 0.25) is 0 Å². The number of aryl methyl sites for hydroxylation is 2. The van der Waals surface area contributed by atoms with Crippen molar-refractivity contribution < 1.29 is 18.8 Å². The number of rotatable bonds is 7. The van der Waals surface area contributed by atoms with E-state index in [0.29, 0.717) is 29.2 Å². The van der Waals surface area contributed by atoms with Gasteiger partial charge in [0.1, 0.15) is 17.1 Å². The molecule has 0 fully saturated rings. The molecule has 0 aliphatic carbocycles. The maximum absolute atomic E-state index is 12.6. The first-order valence-electron chi connectivity index (χ1n) is 8.13. The number of benzene rings is 1. The van der Waals surface area contributed by atoms with Crippen molar-refractivity contribution in [2.24, 2.45) is 0 Å². The molecule has 0 saturated heterocycles. The minimum Gasteiger partial charge on any atom is -0.483 e. The van der Waals surface area contributed by atoms with Gasteiger partial charge in [0.15, 0.2) is 6.61 Å². The summed E-state index contributed by atoms with van der Waals surface area (Å²) in [5.74, 6) is 0.581. The fourth-order valence-electron chi connectivity index (χ4n) is 2.55. The molecule has 2 amide bonds. The molecular formula is C18H23N3O4. The Morgan fingerprint density at radius 1 is 1.28 bits per heavy atom. The first-order chi connectivity index (χ1) is 12.0. The number of hydrogen-bond donors (Lipinski definition) is 2. The van der Waals surface area contributed by atoms with Crippen LogP contribution in [0, 0.1) is 13.8 Å². The van der Waals surface area contributed by atoms with E-state index in [-0.39, 0.29) is 24.5 Å². The van der Waals surface area contributed by atoms with Crippen LogP contribution in [0.3, 0.4) is 0 Å². The lowest BCUT2D eigenvalue weighted by Crippen LogP contribution is -2.30. The highest BCUT2D eigenvalue weighted by Gasteiger charge is 2.22. The maximum atomic E-state index is 12.6. The molecule has 25 heavy (non-hydrogen) atoms. The van der Waals surface area contributed by atoms with Gasteiger partial charge >= 0.3 is 0 Å². The molecule has 134 valence electrons. The van der Waals surface area contributed by atoms with Crippen LogP contribution >= 0.6 is 0 Å². The smallest absolute Gasteiger partial charge is 0.257 e. The van der Waals surface area contributed by atoms with Gasteiger partial charge in [-0.1, -0.05) is 30.3 Å². The van der Waals surface area contributed by atoms with Crippen LogP contribution in [0.15, 0.2) is 28.8 Å². The highest BCUT2D eigenvalue weighted by molar-refractivity contribution is 5.96. The summed E-state index contributed by atoms with van der Waals surface area (Å²) in [6.07, 6.45) is 0.662. The van der Waals surface area contributed by atoms with Gasteiger partial charge in [-0.2, -0.15) is 0 Å². The number of aromatic nitrogens is 1. The van der Waals surface area contributed by atoms with E-state index in [4.69, 9.17) is 9.26 Å². The van der Waals surface area contributed by atoms with E-state index in [1.807, 2.05) is 25.1 Å². The molecule has 7 nitrogen and oxygen atoms in total. The second-order valence-electron chi connectivity index (χ2n) is 5.63. The van der Waals surface area contributed by atoms with Gasteiger partial charge in [-0.25, -0.2) is 0 Å². The lowest BCUT2D eigenvalue weighted by Gasteiger charge is -2.20. The van der Waals surface area contributed by atoms with Crippen molar-refractivity contribution in [1.82, 2.24) is 15.8 Å². The summed E-state index contributed by atoms with van der Waals surface area (Å²) in [5.41, 5.74) is 1.81. The third-order valence-corrected chi connectivity index (χ3v) is 3.91. The van der Waals surface area contributed by atoms with Crippen molar-refractivity contribution >= 4 is 11.8 Å². The number of para-hydroxylation sites is 1. The van der Waals surface area contributed by atoms with Crippen LogP contribution in [-0.2, 0) is 4.79 Å². The maximum Gasteiger partial charge on any atom is 0.257 e. The standard InChI is InChI=1S/C18H23N3O4/c1-5-14(20-18(23)17-11(2)21-25-12(17)3)13-8-6-7-9-15(13)24-10-16(22)19-4/h6-9,14H,5,10H2,1-4H3,(H,19,22)(H,20,23)/t14-/m0/s1. The molecule has 0 radical (unpaired) electrons. The van der Waals surface area contributed by atoms with Crippen molar-refractivity contribution in [1.29, 1.82) is 0 Å². The van der Waals surface area contributed by atoms with Gasteiger partial charge in [0.25, 0.3) is 11.8 Å². The zero-order chi connectivity index (χ0) is 18.4. The van der Waals surface area contributed by atoms with Crippen molar-refractivity contribution in [3.63, 3.8) is 0 Å². The van der Waals surface area contributed by atoms with Crippen molar-refractivity contribution in [3.05, 3.63) is 46.8 Å². The third-order valence-electron chi connectivity index (χ3n) is 3.91. The number of likely N-dealkylation sites (N-methyl/N-ethyl adjacent to an activating group) is 1. The second kappa shape index (κ2) is 8.32. The molecule has 2 N–H and O–H groups in total. The average molecular weight is 345 g/mol. The van der Waals surface area contributed by atoms with E-state index < -0.39 is 0 Å². The summed E-state index contributed by atoms with van der Waals surface area (Å²) in [6.45, 7) is 5.32. The fourth-order valence-corrected chi connectivity index (χ4v) is 2.55. The Morgan fingerprint density at radius 2 is 2.00 bits per heavy atom. The summed E-state index contributed by atoms with van der Waals surface area (Å²) in [6, 6.07) is 7.09. The molecule has 2 aromatic rings. The van der Waals surface area contributed by atoms with Crippen LogP contribution in [0.4, 0.5) is 0 Å². The summed E-state index contributed by atoms with van der Waals surface area (Å²) < 4.78 is 10.7. The summed E-state index contributed by atoms with van der Waals surface area (Å²) >= 11 is 0. The minimum absolute atomic E-state index is 0.0816. The molecule has 1 atom stereocenters. The Kier molecular flexibility index (Phi) is 6.16. The monoisotopic (exact) mass is 345 g/mol. The Hall–Kier alpha value is -2.83. The number of ether oxygens (including phenoxy) is 1. The van der Waals surface area contributed by atoms with Crippen LogP contribution in [0.5, 0.6) is 5.75 Å². The average Bonchev–Trinajstić information content (AvgIpc) is 2.96. The van der Waals surface area contributed by atoms with E-state index in [1.54, 1.807) is 27.0 Å². The molecule has 7 heteroatoms. The molecule has 1 heterocycles. The SMILES string of the molecule is CC[C@H](NC(=O)c1c(C)noc1C)c1ccccc1OCC(=O)NC. The van der Waals surface area contributed by atoms with E-state index in [0.717, 1.165) is 5.56 Å². The van der Waals surface area contributed by atoms with Gasteiger partial charge < -0.3 is 19.9 Å². The van der Waals surface area contributed by atoms with Crippen molar-refractivity contribution in [3.8, 4) is 5.75 Å². The van der Waals surface area contributed by atoms with Crippen LogP contribution < -0.4 is 15.4 Å². The highest BCUT2D eigenvalue weighted by atomic mass is 16.5. The van der Waals surface area contributed by atoms with Gasteiger partial charge in [-0.3, -0.25) is 9.59 Å². The van der Waals surface area contributed by atoms with Gasteiger partial charge in [0, 0.05) is 12.6 Å². The Labute approximate surface area is 146 Å². The second-order valence-corrected chi connectivity index (χ2v) is 5.63. The summed E-state index contributed by atoms with van der Waals surface area (Å²) in [5, 5.41) is 9.31. The van der Waals surface area contributed by atoms with Crippen LogP contribution in [-0.4, -0.2) is 30.6 Å². The molecule has 0 bridgehead atoms. The number of carbonyl (C=O) groups is 2. The van der Waals surface area contributed by atoms with E-state index in [9.17, 15) is 9.59 Å². The fraction of sp³-hybridized carbons (Fsp3) is 0.389. The van der Waals surface area contributed by atoms with Gasteiger partial charge in [-0.05, 0) is 26.3 Å². The van der Waals surface area contributed by atoms with Crippen LogP contribution in [0.1, 0.15) is 46.8 Å². The first kappa shape index (κ1) is 18.5. The van der Waals surface area contributed by atoms with E-state index >= 15 is 0 Å². The van der Waals surface area contributed by atoms with E-state index in [1.165, 1.54) is 0 Å². The third kappa shape index (κ3) is 4.37. The Bertz CT molecular complexity index is 735. The molecule has 0 aliphatic heterocycles. The molecule has 1 aromatic carbocycles. The number of carbonyl (C=O) groups excluding carboxylic acids is 2. The summed E-state index contributed by atoms with van der Waals surface area (Å²) in [4.78, 5) is 24.0. The lowest BCUT2D eigenvalue weighted by molar-refractivity contribution is -0.122. The first-order valence-corrected chi connectivity index (χ1v) is 8.13.